The Kier molecular flexibility index (Phi) is 4.17. The van der Waals surface area contributed by atoms with Crippen LogP contribution in [0.15, 0.2) is 30.3 Å². The molecule has 25 heavy (non-hydrogen) atoms. The Hall–Kier alpha value is -1.91. The molecular weight excluding hydrogens is 334 g/mol. The van der Waals surface area contributed by atoms with Crippen LogP contribution in [0.3, 0.4) is 0 Å². The Morgan fingerprint density at radius 2 is 1.60 bits per heavy atom. The molecule has 0 aromatic heterocycles. The first-order valence-electron chi connectivity index (χ1n) is 8.48. The van der Waals surface area contributed by atoms with Crippen molar-refractivity contribution in [1.82, 2.24) is 5.53 Å². The van der Waals surface area contributed by atoms with E-state index in [0.717, 1.165) is 22.6 Å². The Bertz CT molecular complexity index is 819. The molecule has 5 heteroatoms. The van der Waals surface area contributed by atoms with E-state index in [4.69, 9.17) is 11.6 Å². The highest BCUT2D eigenvalue weighted by Gasteiger charge is 2.29. The van der Waals surface area contributed by atoms with Gasteiger partial charge in [0, 0.05) is 10.6 Å². The van der Waals surface area contributed by atoms with Gasteiger partial charge in [-0.25, -0.2) is 0 Å². The van der Waals surface area contributed by atoms with Gasteiger partial charge in [0.2, 0.25) is 0 Å². The predicted molar refractivity (Wildman–Crippen MR) is 106 cm³/mol. The molecular formula is C20H26ClN3O. The molecule has 4 nitrogen and oxygen atoms in total. The Labute approximate surface area is 154 Å². The molecule has 134 valence electrons. The minimum atomic E-state index is -0.171. The van der Waals surface area contributed by atoms with Gasteiger partial charge in [-0.15, -0.1) is 5.53 Å². The lowest BCUT2D eigenvalue weighted by molar-refractivity contribution is 0.444. The molecule has 0 spiro atoms. The second-order valence-corrected chi connectivity index (χ2v) is 9.06. The molecule has 0 radical (unpaired) electrons. The summed E-state index contributed by atoms with van der Waals surface area (Å²) < 4.78 is 0. The van der Waals surface area contributed by atoms with Gasteiger partial charge in [0.25, 0.3) is 0 Å². The number of phenolic OH excluding ortho intramolecular Hbond substituents is 1. The lowest BCUT2D eigenvalue weighted by Crippen LogP contribution is -2.32. The molecule has 2 aromatic rings. The fraction of sp³-hybridized carbons (Fsp3) is 0.400. The quantitative estimate of drug-likeness (QED) is 0.618. The number of hydrogen-bond acceptors (Lipinski definition) is 4. The van der Waals surface area contributed by atoms with E-state index in [2.05, 4.69) is 58.6 Å². The molecule has 1 aliphatic rings. The maximum Gasteiger partial charge on any atom is 0.144 e. The Balaban J connectivity index is 2.21. The third kappa shape index (κ3) is 3.29. The molecule has 3 N–H and O–H groups in total. The maximum absolute atomic E-state index is 11.0. The number of aromatic hydroxyl groups is 1. The molecule has 0 unspecified atom stereocenters. The molecule has 1 heterocycles. The van der Waals surface area contributed by atoms with Gasteiger partial charge in [-0.05, 0) is 40.7 Å². The lowest BCUT2D eigenvalue weighted by atomic mass is 9.79. The highest BCUT2D eigenvalue weighted by atomic mass is 35.5. The van der Waals surface area contributed by atoms with Gasteiger partial charge < -0.3 is 10.5 Å². The second kappa shape index (κ2) is 5.82. The number of halogens is 1. The van der Waals surface area contributed by atoms with Gasteiger partial charge in [0.1, 0.15) is 11.4 Å². The Morgan fingerprint density at radius 1 is 0.920 bits per heavy atom. The van der Waals surface area contributed by atoms with E-state index in [9.17, 15) is 5.11 Å². The highest BCUT2D eigenvalue weighted by molar-refractivity contribution is 6.31. The van der Waals surface area contributed by atoms with Crippen LogP contribution >= 0.6 is 11.6 Å². The van der Waals surface area contributed by atoms with Crippen molar-refractivity contribution in [3.05, 3.63) is 46.5 Å². The van der Waals surface area contributed by atoms with Gasteiger partial charge in [-0.1, -0.05) is 59.2 Å². The molecule has 0 amide bonds. The van der Waals surface area contributed by atoms with Crippen molar-refractivity contribution in [1.29, 1.82) is 0 Å². The zero-order chi connectivity index (χ0) is 18.6. The van der Waals surface area contributed by atoms with Gasteiger partial charge in [0.15, 0.2) is 0 Å². The first-order chi connectivity index (χ1) is 11.5. The van der Waals surface area contributed by atoms with Gasteiger partial charge >= 0.3 is 0 Å². The van der Waals surface area contributed by atoms with E-state index < -0.39 is 0 Å². The summed E-state index contributed by atoms with van der Waals surface area (Å²) in [4.78, 5) is 0. The molecule has 0 bridgehead atoms. The predicted octanol–water partition coefficient (Wildman–Crippen LogP) is 5.62. The van der Waals surface area contributed by atoms with Crippen LogP contribution in [0.25, 0.3) is 0 Å². The number of nitrogens with one attached hydrogen (secondary N) is 2. The number of hydrogen-bond donors (Lipinski definition) is 3. The van der Waals surface area contributed by atoms with Crippen molar-refractivity contribution in [3.8, 4) is 5.75 Å². The van der Waals surface area contributed by atoms with Crippen LogP contribution in [0.4, 0.5) is 17.1 Å². The van der Waals surface area contributed by atoms with Crippen LogP contribution in [-0.2, 0) is 10.8 Å². The Morgan fingerprint density at radius 3 is 2.20 bits per heavy atom. The largest absolute Gasteiger partial charge is 0.505 e. The van der Waals surface area contributed by atoms with Crippen LogP contribution in [0, 0.1) is 0 Å². The highest BCUT2D eigenvalue weighted by Crippen LogP contribution is 2.45. The van der Waals surface area contributed by atoms with Crippen molar-refractivity contribution < 1.29 is 5.11 Å². The zero-order valence-electron chi connectivity index (χ0n) is 15.7. The summed E-state index contributed by atoms with van der Waals surface area (Å²) in [5.41, 5.74) is 10.7. The second-order valence-electron chi connectivity index (χ2n) is 8.63. The third-order valence-corrected chi connectivity index (χ3v) is 4.74. The van der Waals surface area contributed by atoms with E-state index in [1.165, 1.54) is 5.56 Å². The zero-order valence-corrected chi connectivity index (χ0v) is 16.4. The van der Waals surface area contributed by atoms with Crippen LogP contribution in [-0.4, -0.2) is 5.11 Å². The molecule has 2 aromatic carbocycles. The van der Waals surface area contributed by atoms with E-state index in [1.807, 2.05) is 29.3 Å². The summed E-state index contributed by atoms with van der Waals surface area (Å²) in [6.45, 7) is 12.9. The van der Waals surface area contributed by atoms with Crippen molar-refractivity contribution in [2.75, 3.05) is 10.4 Å². The fourth-order valence-electron chi connectivity index (χ4n) is 2.96. The topological polar surface area (TPSA) is 47.5 Å². The molecule has 3 rings (SSSR count). The van der Waals surface area contributed by atoms with Gasteiger partial charge in [-0.2, -0.15) is 0 Å². The van der Waals surface area contributed by atoms with Gasteiger partial charge in [-0.3, -0.25) is 5.01 Å². The third-order valence-electron chi connectivity index (χ3n) is 4.51. The monoisotopic (exact) mass is 359 g/mol. The molecule has 0 fully saturated rings. The number of nitrogens with zero attached hydrogens (tertiary/aromatic N) is 1. The first kappa shape index (κ1) is 17.9. The van der Waals surface area contributed by atoms with Crippen molar-refractivity contribution in [2.24, 2.45) is 0 Å². The molecule has 0 saturated heterocycles. The van der Waals surface area contributed by atoms with E-state index in [-0.39, 0.29) is 16.6 Å². The smallest absolute Gasteiger partial charge is 0.144 e. The van der Waals surface area contributed by atoms with Crippen molar-refractivity contribution in [3.63, 3.8) is 0 Å². The van der Waals surface area contributed by atoms with Crippen molar-refractivity contribution >= 4 is 28.7 Å². The fourth-order valence-corrected chi connectivity index (χ4v) is 3.14. The van der Waals surface area contributed by atoms with Crippen LogP contribution < -0.4 is 16.0 Å². The van der Waals surface area contributed by atoms with Crippen LogP contribution in [0.2, 0.25) is 5.02 Å². The first-order valence-corrected chi connectivity index (χ1v) is 8.85. The SMILES string of the molecule is CC(C)(C)c1cc(N2NNc3cc(Cl)ccc32)c(O)c(C(C)(C)C)c1. The van der Waals surface area contributed by atoms with Crippen molar-refractivity contribution in [2.45, 2.75) is 52.4 Å². The summed E-state index contributed by atoms with van der Waals surface area (Å²) in [5, 5.41) is 13.6. The van der Waals surface area contributed by atoms with E-state index in [0.29, 0.717) is 5.02 Å². The summed E-state index contributed by atoms with van der Waals surface area (Å²) in [7, 11) is 0. The maximum atomic E-state index is 11.0. The number of rotatable bonds is 1. The molecule has 0 aliphatic carbocycles. The number of fused-ring (bicyclic) bond motifs is 1. The number of hydrazine groups is 2. The normalized spacial score (nSPS) is 14.4. The standard InChI is InChI=1S/C20H26ClN3O/c1-19(2,3)12-9-14(20(4,5)6)18(25)17(10-12)24-16-8-7-13(21)11-15(16)22-23-24/h7-11,22-23,25H,1-6H3. The summed E-state index contributed by atoms with van der Waals surface area (Å²) >= 11 is 6.08. The minimum Gasteiger partial charge on any atom is -0.505 e. The molecule has 0 saturated carbocycles. The summed E-state index contributed by atoms with van der Waals surface area (Å²) in [6, 6.07) is 9.80. The lowest BCUT2D eigenvalue weighted by Gasteiger charge is -2.30. The summed E-state index contributed by atoms with van der Waals surface area (Å²) in [6.07, 6.45) is 0. The number of phenols is 1. The number of anilines is 3. The average Bonchev–Trinajstić information content (AvgIpc) is 2.87. The minimum absolute atomic E-state index is 0.0293. The average molecular weight is 360 g/mol. The molecule has 0 atom stereocenters. The number of benzene rings is 2. The van der Waals surface area contributed by atoms with E-state index in [1.54, 1.807) is 0 Å². The van der Waals surface area contributed by atoms with Gasteiger partial charge in [0.05, 0.1) is 11.4 Å². The van der Waals surface area contributed by atoms with Crippen LogP contribution in [0.5, 0.6) is 5.75 Å². The molecule has 1 aliphatic heterocycles. The summed E-state index contributed by atoms with van der Waals surface area (Å²) in [5.74, 6) is 0.289. The van der Waals surface area contributed by atoms with E-state index >= 15 is 0 Å². The van der Waals surface area contributed by atoms with Crippen LogP contribution in [0.1, 0.15) is 52.7 Å².